The Morgan fingerprint density at radius 3 is 2.28 bits per heavy atom. The number of carbonyl (C=O) groups is 1. The lowest BCUT2D eigenvalue weighted by Crippen LogP contribution is -2.10. The molecule has 4 nitrogen and oxygen atoms in total. The van der Waals surface area contributed by atoms with Crippen LogP contribution in [0.4, 0.5) is 13.2 Å². The van der Waals surface area contributed by atoms with E-state index < -0.39 is 23.4 Å². The zero-order chi connectivity index (χ0) is 13.3. The van der Waals surface area contributed by atoms with Crippen molar-refractivity contribution >= 4 is 5.97 Å². The van der Waals surface area contributed by atoms with Crippen LogP contribution < -0.4 is 0 Å². The number of carboxylic acid groups (broad SMARTS) is 1. The van der Waals surface area contributed by atoms with Crippen LogP contribution in [0.2, 0.25) is 0 Å². The van der Waals surface area contributed by atoms with Gasteiger partial charge in [-0.3, -0.25) is 0 Å². The van der Waals surface area contributed by atoms with E-state index in [1.807, 2.05) is 0 Å². The van der Waals surface area contributed by atoms with Gasteiger partial charge in [-0.05, 0) is 12.1 Å². The van der Waals surface area contributed by atoms with E-state index in [1.165, 1.54) is 12.1 Å². The highest BCUT2D eigenvalue weighted by molar-refractivity contribution is 5.87. The second-order valence-electron chi connectivity index (χ2n) is 3.47. The van der Waals surface area contributed by atoms with E-state index >= 15 is 0 Å². The molecule has 0 saturated carbocycles. The number of aromatic nitrogens is 2. The van der Waals surface area contributed by atoms with Crippen molar-refractivity contribution in [3.8, 4) is 5.69 Å². The normalized spacial score (nSPS) is 11.5. The van der Waals surface area contributed by atoms with Crippen LogP contribution >= 0.6 is 0 Å². The SMILES string of the molecule is O=C(O)c1nn(-c2ccccc2)cc1C(F)(F)F. The lowest BCUT2D eigenvalue weighted by molar-refractivity contribution is -0.138. The van der Waals surface area contributed by atoms with Gasteiger partial charge in [0.1, 0.15) is 5.56 Å². The summed E-state index contributed by atoms with van der Waals surface area (Å²) in [5, 5.41) is 12.2. The lowest BCUT2D eigenvalue weighted by Gasteiger charge is -2.02. The number of nitrogens with zero attached hydrogens (tertiary/aromatic N) is 2. The zero-order valence-electron chi connectivity index (χ0n) is 8.85. The van der Waals surface area contributed by atoms with Crippen molar-refractivity contribution < 1.29 is 23.1 Å². The lowest BCUT2D eigenvalue weighted by atomic mass is 10.2. The van der Waals surface area contributed by atoms with Crippen molar-refractivity contribution in [3.05, 3.63) is 47.8 Å². The molecule has 2 aromatic rings. The molecule has 0 atom stereocenters. The monoisotopic (exact) mass is 256 g/mol. The molecular weight excluding hydrogens is 249 g/mol. The number of aromatic carboxylic acids is 1. The molecule has 0 fully saturated rings. The Balaban J connectivity index is 2.57. The minimum atomic E-state index is -4.75. The van der Waals surface area contributed by atoms with Gasteiger partial charge in [-0.1, -0.05) is 18.2 Å². The van der Waals surface area contributed by atoms with Crippen molar-refractivity contribution in [1.82, 2.24) is 9.78 Å². The molecular formula is C11H7F3N2O2. The van der Waals surface area contributed by atoms with Gasteiger partial charge >= 0.3 is 12.1 Å². The molecule has 2 rings (SSSR count). The summed E-state index contributed by atoms with van der Waals surface area (Å²) >= 11 is 0. The largest absolute Gasteiger partial charge is 0.476 e. The molecule has 7 heteroatoms. The van der Waals surface area contributed by atoms with Crippen LogP contribution in [0.3, 0.4) is 0 Å². The first kappa shape index (κ1) is 12.2. The number of hydrogen-bond acceptors (Lipinski definition) is 2. The van der Waals surface area contributed by atoms with Gasteiger partial charge in [-0.15, -0.1) is 0 Å². The van der Waals surface area contributed by atoms with Crippen LogP contribution in [0.1, 0.15) is 16.1 Å². The first-order valence-electron chi connectivity index (χ1n) is 4.85. The minimum Gasteiger partial charge on any atom is -0.476 e. The maximum absolute atomic E-state index is 12.6. The fourth-order valence-electron chi connectivity index (χ4n) is 1.45. The number of hydrogen-bond donors (Lipinski definition) is 1. The molecule has 0 amide bonds. The van der Waals surface area contributed by atoms with E-state index in [4.69, 9.17) is 5.11 Å². The van der Waals surface area contributed by atoms with Gasteiger partial charge in [-0.2, -0.15) is 18.3 Å². The summed E-state index contributed by atoms with van der Waals surface area (Å²) in [5.41, 5.74) is -1.92. The number of para-hydroxylation sites is 1. The molecule has 0 aliphatic rings. The van der Waals surface area contributed by atoms with Gasteiger partial charge in [0.15, 0.2) is 5.69 Å². The van der Waals surface area contributed by atoms with Crippen molar-refractivity contribution in [1.29, 1.82) is 0 Å². The number of benzene rings is 1. The van der Waals surface area contributed by atoms with Crippen LogP contribution in [0.15, 0.2) is 36.5 Å². The summed E-state index contributed by atoms with van der Waals surface area (Å²) in [6.07, 6.45) is -4.08. The molecule has 0 radical (unpaired) electrons. The van der Waals surface area contributed by atoms with E-state index in [0.29, 0.717) is 11.9 Å². The predicted octanol–water partition coefficient (Wildman–Crippen LogP) is 2.59. The summed E-state index contributed by atoms with van der Waals surface area (Å²) in [4.78, 5) is 10.7. The Morgan fingerprint density at radius 1 is 1.22 bits per heavy atom. The third kappa shape index (κ3) is 2.20. The van der Waals surface area contributed by atoms with Crippen molar-refractivity contribution in [2.75, 3.05) is 0 Å². The molecule has 94 valence electrons. The van der Waals surface area contributed by atoms with Gasteiger partial charge in [0.2, 0.25) is 0 Å². The van der Waals surface area contributed by atoms with Crippen LogP contribution in [0, 0.1) is 0 Å². The zero-order valence-corrected chi connectivity index (χ0v) is 8.85. The Bertz CT molecular complexity index is 576. The summed E-state index contributed by atoms with van der Waals surface area (Å²) in [5.74, 6) is -1.71. The van der Waals surface area contributed by atoms with Crippen molar-refractivity contribution in [2.24, 2.45) is 0 Å². The second-order valence-corrected chi connectivity index (χ2v) is 3.47. The summed E-state index contributed by atoms with van der Waals surface area (Å²) < 4.78 is 38.8. The first-order valence-corrected chi connectivity index (χ1v) is 4.85. The van der Waals surface area contributed by atoms with Gasteiger partial charge in [-0.25, -0.2) is 9.48 Å². The van der Waals surface area contributed by atoms with Crippen LogP contribution in [-0.4, -0.2) is 20.9 Å². The highest BCUT2D eigenvalue weighted by Crippen LogP contribution is 2.32. The average molecular weight is 256 g/mol. The Kier molecular flexibility index (Phi) is 2.82. The van der Waals surface area contributed by atoms with Crippen LogP contribution in [0.5, 0.6) is 0 Å². The van der Waals surface area contributed by atoms with Gasteiger partial charge in [0.25, 0.3) is 0 Å². The van der Waals surface area contributed by atoms with E-state index in [9.17, 15) is 18.0 Å². The smallest absolute Gasteiger partial charge is 0.420 e. The number of halogens is 3. The highest BCUT2D eigenvalue weighted by Gasteiger charge is 2.38. The van der Waals surface area contributed by atoms with Gasteiger partial charge < -0.3 is 5.11 Å². The standard InChI is InChI=1S/C11H7F3N2O2/c12-11(13,14)8-6-16(15-9(8)10(17)18)7-4-2-1-3-5-7/h1-6H,(H,17,18). The molecule has 1 aromatic heterocycles. The molecule has 0 bridgehead atoms. The molecule has 0 aliphatic carbocycles. The molecule has 0 saturated heterocycles. The van der Waals surface area contributed by atoms with Crippen molar-refractivity contribution in [3.63, 3.8) is 0 Å². The average Bonchev–Trinajstić information content (AvgIpc) is 2.74. The topological polar surface area (TPSA) is 55.1 Å². The quantitative estimate of drug-likeness (QED) is 0.898. The van der Waals surface area contributed by atoms with E-state index in [-0.39, 0.29) is 0 Å². The van der Waals surface area contributed by atoms with Crippen molar-refractivity contribution in [2.45, 2.75) is 6.18 Å². The predicted molar refractivity (Wildman–Crippen MR) is 55.5 cm³/mol. The number of alkyl halides is 3. The van der Waals surface area contributed by atoms with E-state index in [0.717, 1.165) is 4.68 Å². The maximum atomic E-state index is 12.6. The molecule has 1 N–H and O–H groups in total. The number of rotatable bonds is 2. The highest BCUT2D eigenvalue weighted by atomic mass is 19.4. The fraction of sp³-hybridized carbons (Fsp3) is 0.0909. The third-order valence-corrected chi connectivity index (χ3v) is 2.24. The van der Waals surface area contributed by atoms with E-state index in [1.54, 1.807) is 18.2 Å². The second kappa shape index (κ2) is 4.17. The summed E-state index contributed by atoms with van der Waals surface area (Å²) in [7, 11) is 0. The molecule has 0 spiro atoms. The Hall–Kier alpha value is -2.31. The molecule has 1 aromatic carbocycles. The van der Waals surface area contributed by atoms with Gasteiger partial charge in [0, 0.05) is 6.20 Å². The summed E-state index contributed by atoms with van der Waals surface area (Å²) in [6, 6.07) is 7.97. The maximum Gasteiger partial charge on any atom is 0.420 e. The molecule has 0 unspecified atom stereocenters. The molecule has 18 heavy (non-hydrogen) atoms. The minimum absolute atomic E-state index is 0.357. The van der Waals surface area contributed by atoms with E-state index in [2.05, 4.69) is 5.10 Å². The fourth-order valence-corrected chi connectivity index (χ4v) is 1.45. The Labute approximate surface area is 99.3 Å². The molecule has 0 aliphatic heterocycles. The van der Waals surface area contributed by atoms with Crippen LogP contribution in [-0.2, 0) is 6.18 Å². The van der Waals surface area contributed by atoms with Crippen LogP contribution in [0.25, 0.3) is 5.69 Å². The first-order chi connectivity index (χ1) is 8.39. The number of carboxylic acids is 1. The third-order valence-electron chi connectivity index (χ3n) is 2.24. The molecule has 1 heterocycles. The van der Waals surface area contributed by atoms with Gasteiger partial charge in [0.05, 0.1) is 5.69 Å². The summed E-state index contributed by atoms with van der Waals surface area (Å²) in [6.45, 7) is 0. The Morgan fingerprint density at radius 2 is 1.83 bits per heavy atom.